The van der Waals surface area contributed by atoms with Crippen molar-refractivity contribution >= 4 is 5.97 Å². The van der Waals surface area contributed by atoms with Gasteiger partial charge in [-0.05, 0) is 6.92 Å². The Bertz CT molecular complexity index is 270. The first-order valence-electron chi connectivity index (χ1n) is 3.99. The molecule has 0 aliphatic heterocycles. The number of alkyl halides is 6. The second kappa shape index (κ2) is 5.22. The Labute approximate surface area is 86.9 Å². The van der Waals surface area contributed by atoms with Crippen molar-refractivity contribution in [2.75, 3.05) is 6.61 Å². The highest BCUT2D eigenvalue weighted by molar-refractivity contribution is 5.81. The summed E-state index contributed by atoms with van der Waals surface area (Å²) in [4.78, 5) is 10.5. The molecule has 0 saturated heterocycles. The van der Waals surface area contributed by atoms with Gasteiger partial charge in [0, 0.05) is 6.08 Å². The number of hydrogen-bond acceptors (Lipinski definition) is 2. The molecule has 0 N–H and O–H groups in total. The van der Waals surface area contributed by atoms with Gasteiger partial charge in [0.15, 0.2) is 6.61 Å². The highest BCUT2D eigenvalue weighted by Gasteiger charge is 2.57. The molecule has 0 rings (SSSR count). The normalized spacial score (nSPS) is 15.2. The summed E-state index contributed by atoms with van der Waals surface area (Å²) >= 11 is 0. The van der Waals surface area contributed by atoms with E-state index in [2.05, 4.69) is 4.74 Å². The second-order valence-corrected chi connectivity index (χ2v) is 2.77. The lowest BCUT2D eigenvalue weighted by atomic mass is 10.2. The van der Waals surface area contributed by atoms with Gasteiger partial charge in [0.1, 0.15) is 0 Å². The van der Waals surface area contributed by atoms with Crippen molar-refractivity contribution in [2.24, 2.45) is 0 Å². The Morgan fingerprint density at radius 3 is 2.19 bits per heavy atom. The van der Waals surface area contributed by atoms with E-state index in [9.17, 15) is 31.1 Å². The van der Waals surface area contributed by atoms with Crippen LogP contribution in [0.3, 0.4) is 0 Å². The van der Waals surface area contributed by atoms with E-state index < -0.39 is 30.8 Å². The topological polar surface area (TPSA) is 26.3 Å². The monoisotopic (exact) mass is 250 g/mol. The second-order valence-electron chi connectivity index (χ2n) is 2.77. The number of esters is 1. The predicted molar refractivity (Wildman–Crippen MR) is 41.7 cm³/mol. The van der Waals surface area contributed by atoms with Gasteiger partial charge in [0.05, 0.1) is 0 Å². The first-order valence-corrected chi connectivity index (χ1v) is 3.99. The number of halogens is 6. The van der Waals surface area contributed by atoms with Crippen molar-refractivity contribution in [1.82, 2.24) is 0 Å². The van der Waals surface area contributed by atoms with Gasteiger partial charge in [-0.15, -0.1) is 0 Å². The molecule has 0 aliphatic rings. The summed E-state index contributed by atoms with van der Waals surface area (Å²) in [6, 6.07) is 0. The fraction of sp³-hybridized carbons (Fsp3) is 0.625. The lowest BCUT2D eigenvalue weighted by Crippen LogP contribution is -2.45. The zero-order chi connectivity index (χ0) is 13.0. The summed E-state index contributed by atoms with van der Waals surface area (Å²) in [6.45, 7) is -0.593. The van der Waals surface area contributed by atoms with Crippen LogP contribution in [0, 0.1) is 0 Å². The number of ether oxygens (including phenoxy) is 1. The SMILES string of the molecule is C/C=C\C(=O)OCC(F)(F)[C@H](F)C(F)(F)F. The molecular weight excluding hydrogens is 242 g/mol. The maximum absolute atomic E-state index is 12.5. The van der Waals surface area contributed by atoms with Gasteiger partial charge in [0.2, 0.25) is 0 Å². The Kier molecular flexibility index (Phi) is 4.82. The molecule has 0 heterocycles. The molecule has 0 spiro atoms. The number of carbonyl (C=O) groups excluding carboxylic acids is 1. The first kappa shape index (κ1) is 14.8. The van der Waals surface area contributed by atoms with E-state index in [4.69, 9.17) is 0 Å². The standard InChI is InChI=1S/C8H8F6O2/c1-2-3-5(15)16-4-7(10,11)6(9)8(12,13)14/h2-3,6H,4H2,1H3/b3-2-/t6-/m0/s1. The zero-order valence-corrected chi connectivity index (χ0v) is 8.02. The number of rotatable bonds is 4. The summed E-state index contributed by atoms with van der Waals surface area (Å²) in [5.74, 6) is -6.06. The molecule has 0 aromatic heterocycles. The Morgan fingerprint density at radius 2 is 1.81 bits per heavy atom. The van der Waals surface area contributed by atoms with Crippen molar-refractivity contribution in [3.05, 3.63) is 12.2 Å². The fourth-order valence-corrected chi connectivity index (χ4v) is 0.664. The van der Waals surface area contributed by atoms with Crippen molar-refractivity contribution in [2.45, 2.75) is 25.2 Å². The van der Waals surface area contributed by atoms with E-state index in [0.29, 0.717) is 0 Å². The van der Waals surface area contributed by atoms with Gasteiger partial charge < -0.3 is 4.74 Å². The van der Waals surface area contributed by atoms with Gasteiger partial charge >= 0.3 is 18.1 Å². The molecule has 94 valence electrons. The molecule has 0 fully saturated rings. The lowest BCUT2D eigenvalue weighted by molar-refractivity contribution is -0.253. The third kappa shape index (κ3) is 4.54. The average molecular weight is 250 g/mol. The number of allylic oxidation sites excluding steroid dienone is 1. The van der Waals surface area contributed by atoms with Gasteiger partial charge in [0.25, 0.3) is 6.17 Å². The smallest absolute Gasteiger partial charge is 0.425 e. The largest absolute Gasteiger partial charge is 0.456 e. The first-order chi connectivity index (χ1) is 7.11. The minimum absolute atomic E-state index is 0.719. The van der Waals surface area contributed by atoms with Crippen LogP contribution in [-0.2, 0) is 9.53 Å². The quantitative estimate of drug-likeness (QED) is 0.435. The Hall–Kier alpha value is -1.21. The summed E-state index contributed by atoms with van der Waals surface area (Å²) in [5.41, 5.74) is 0. The minimum Gasteiger partial charge on any atom is -0.456 e. The average Bonchev–Trinajstić information content (AvgIpc) is 2.13. The highest BCUT2D eigenvalue weighted by atomic mass is 19.4. The molecule has 0 amide bonds. The van der Waals surface area contributed by atoms with Crippen LogP contribution in [0.15, 0.2) is 12.2 Å². The third-order valence-corrected chi connectivity index (χ3v) is 1.37. The molecule has 0 aromatic carbocycles. The van der Waals surface area contributed by atoms with E-state index in [0.717, 1.165) is 12.2 Å². The maximum Gasteiger partial charge on any atom is 0.425 e. The molecule has 16 heavy (non-hydrogen) atoms. The molecular formula is C8H8F6O2. The van der Waals surface area contributed by atoms with E-state index in [1.165, 1.54) is 6.92 Å². The van der Waals surface area contributed by atoms with E-state index in [1.54, 1.807) is 0 Å². The molecule has 0 saturated carbocycles. The summed E-state index contributed by atoms with van der Waals surface area (Å²) in [7, 11) is 0. The minimum atomic E-state index is -5.70. The van der Waals surface area contributed by atoms with Gasteiger partial charge in [-0.25, -0.2) is 9.18 Å². The maximum atomic E-state index is 12.5. The lowest BCUT2D eigenvalue weighted by Gasteiger charge is -2.21. The van der Waals surface area contributed by atoms with Crippen molar-refractivity contribution in [1.29, 1.82) is 0 Å². The van der Waals surface area contributed by atoms with Crippen molar-refractivity contribution in [3.8, 4) is 0 Å². The van der Waals surface area contributed by atoms with Crippen LogP contribution < -0.4 is 0 Å². The summed E-state index contributed by atoms with van der Waals surface area (Å²) in [6.07, 6.45) is -8.21. The summed E-state index contributed by atoms with van der Waals surface area (Å²) < 4.78 is 75.8. The zero-order valence-electron chi connectivity index (χ0n) is 8.02. The van der Waals surface area contributed by atoms with Gasteiger partial charge in [-0.3, -0.25) is 0 Å². The summed E-state index contributed by atoms with van der Waals surface area (Å²) in [5, 5.41) is 0. The van der Waals surface area contributed by atoms with Crippen LogP contribution in [0.5, 0.6) is 0 Å². The van der Waals surface area contributed by atoms with E-state index in [-0.39, 0.29) is 0 Å². The van der Waals surface area contributed by atoms with Crippen LogP contribution in [0.1, 0.15) is 6.92 Å². The molecule has 1 atom stereocenters. The van der Waals surface area contributed by atoms with E-state index in [1.807, 2.05) is 0 Å². The van der Waals surface area contributed by atoms with Crippen molar-refractivity contribution < 1.29 is 35.9 Å². The molecule has 0 bridgehead atoms. The Balaban J connectivity index is 4.41. The van der Waals surface area contributed by atoms with Crippen molar-refractivity contribution in [3.63, 3.8) is 0 Å². The third-order valence-electron chi connectivity index (χ3n) is 1.37. The van der Waals surface area contributed by atoms with Crippen LogP contribution in [-0.4, -0.2) is 30.8 Å². The fourth-order valence-electron chi connectivity index (χ4n) is 0.664. The molecule has 2 nitrogen and oxygen atoms in total. The molecule has 8 heteroatoms. The number of hydrogen-bond donors (Lipinski definition) is 0. The Morgan fingerprint density at radius 1 is 1.31 bits per heavy atom. The highest BCUT2D eigenvalue weighted by Crippen LogP contribution is 2.34. The van der Waals surface area contributed by atoms with Crippen LogP contribution in [0.2, 0.25) is 0 Å². The van der Waals surface area contributed by atoms with Gasteiger partial charge in [-0.2, -0.15) is 22.0 Å². The molecule has 0 aromatic rings. The molecule has 0 unspecified atom stereocenters. The van der Waals surface area contributed by atoms with E-state index >= 15 is 0 Å². The molecule has 0 radical (unpaired) electrons. The molecule has 0 aliphatic carbocycles. The van der Waals surface area contributed by atoms with Gasteiger partial charge in [-0.1, -0.05) is 6.08 Å². The number of carbonyl (C=O) groups is 1. The van der Waals surface area contributed by atoms with Crippen LogP contribution >= 0.6 is 0 Å². The van der Waals surface area contributed by atoms with Crippen LogP contribution in [0.4, 0.5) is 26.3 Å². The van der Waals surface area contributed by atoms with Crippen LogP contribution in [0.25, 0.3) is 0 Å². The predicted octanol–water partition coefficient (Wildman–Crippen LogP) is 2.64.